The Morgan fingerprint density at radius 3 is 2.25 bits per heavy atom. The summed E-state index contributed by atoms with van der Waals surface area (Å²) in [4.78, 5) is 23.9. The number of carbonyl (C=O) groups is 2. The molecule has 4 heteroatoms. The van der Waals surface area contributed by atoms with Crippen molar-refractivity contribution in [2.45, 2.75) is 19.4 Å². The van der Waals surface area contributed by atoms with Crippen molar-refractivity contribution in [2.75, 3.05) is 7.11 Å². The minimum absolute atomic E-state index is 0.00357. The lowest BCUT2D eigenvalue weighted by atomic mass is 10.0. The number of Topliss-reactive ketones (excluding diaryl/α,β-unsaturated/α-hetero) is 1. The number of benzene rings is 2. The molecule has 0 saturated heterocycles. The second kappa shape index (κ2) is 8.79. The molecule has 0 bridgehead atoms. The lowest BCUT2D eigenvalue weighted by Gasteiger charge is -2.02. The molecule has 0 aliphatic carbocycles. The molecule has 4 nitrogen and oxygen atoms in total. The van der Waals surface area contributed by atoms with Crippen LogP contribution in [0, 0.1) is 0 Å². The zero-order valence-corrected chi connectivity index (χ0v) is 13.6. The van der Waals surface area contributed by atoms with E-state index in [1.165, 1.54) is 6.08 Å². The molecule has 0 atom stereocenters. The third-order valence-electron chi connectivity index (χ3n) is 3.63. The smallest absolute Gasteiger partial charge is 0.163 e. The quantitative estimate of drug-likeness (QED) is 0.597. The number of carbonyl (C=O) groups excluding carboxylic acids is 2. The standard InChI is InChI=1S/C20H20O4/c1-24-19-11-7-17(8-12-19)20(23)13-10-18(22)9-6-15-2-4-16(14-21)5-3-15/h2-9,11-12,21H,10,13-14H2,1H3/b9-6+. The molecule has 0 amide bonds. The van der Waals surface area contributed by atoms with Gasteiger partial charge >= 0.3 is 0 Å². The van der Waals surface area contributed by atoms with Gasteiger partial charge in [-0.15, -0.1) is 0 Å². The van der Waals surface area contributed by atoms with Crippen molar-refractivity contribution in [1.29, 1.82) is 0 Å². The summed E-state index contributed by atoms with van der Waals surface area (Å²) in [5, 5.41) is 8.98. The summed E-state index contributed by atoms with van der Waals surface area (Å²) >= 11 is 0. The minimum Gasteiger partial charge on any atom is -0.497 e. The fourth-order valence-corrected chi connectivity index (χ4v) is 2.16. The van der Waals surface area contributed by atoms with E-state index in [0.717, 1.165) is 11.1 Å². The summed E-state index contributed by atoms with van der Waals surface area (Å²) < 4.78 is 5.05. The Kier molecular flexibility index (Phi) is 6.46. The van der Waals surface area contributed by atoms with Crippen LogP contribution in [-0.2, 0) is 11.4 Å². The number of hydrogen-bond acceptors (Lipinski definition) is 4. The van der Waals surface area contributed by atoms with Crippen molar-refractivity contribution >= 4 is 17.6 Å². The molecule has 2 rings (SSSR count). The predicted molar refractivity (Wildman–Crippen MR) is 93.0 cm³/mol. The molecule has 0 aromatic heterocycles. The van der Waals surface area contributed by atoms with Crippen LogP contribution in [0.3, 0.4) is 0 Å². The molecule has 124 valence electrons. The average Bonchev–Trinajstić information content (AvgIpc) is 2.64. The summed E-state index contributed by atoms with van der Waals surface area (Å²) in [5.74, 6) is 0.535. The fourth-order valence-electron chi connectivity index (χ4n) is 2.16. The van der Waals surface area contributed by atoms with Gasteiger partial charge in [-0.2, -0.15) is 0 Å². The maximum Gasteiger partial charge on any atom is 0.163 e. The van der Waals surface area contributed by atoms with Gasteiger partial charge in [0, 0.05) is 18.4 Å². The van der Waals surface area contributed by atoms with E-state index >= 15 is 0 Å². The maximum atomic E-state index is 12.1. The zero-order valence-electron chi connectivity index (χ0n) is 13.6. The van der Waals surface area contributed by atoms with Crippen LogP contribution in [0.15, 0.2) is 54.6 Å². The number of methoxy groups -OCH3 is 1. The lowest BCUT2D eigenvalue weighted by molar-refractivity contribution is -0.114. The van der Waals surface area contributed by atoms with Crippen LogP contribution in [0.4, 0.5) is 0 Å². The zero-order chi connectivity index (χ0) is 17.4. The van der Waals surface area contributed by atoms with Gasteiger partial charge in [-0.3, -0.25) is 9.59 Å². The summed E-state index contributed by atoms with van der Waals surface area (Å²) in [7, 11) is 1.57. The molecule has 0 unspecified atom stereocenters. The van der Waals surface area contributed by atoms with E-state index in [1.54, 1.807) is 49.6 Å². The fraction of sp³-hybridized carbons (Fsp3) is 0.200. The van der Waals surface area contributed by atoms with Gasteiger partial charge in [-0.05, 0) is 41.5 Å². The predicted octanol–water partition coefficient (Wildman–Crippen LogP) is 3.43. The number of ketones is 2. The first-order valence-electron chi connectivity index (χ1n) is 7.70. The van der Waals surface area contributed by atoms with Crippen molar-refractivity contribution in [3.8, 4) is 5.75 Å². The lowest BCUT2D eigenvalue weighted by Crippen LogP contribution is -2.03. The molecule has 2 aromatic carbocycles. The van der Waals surface area contributed by atoms with E-state index in [4.69, 9.17) is 9.84 Å². The number of aliphatic hydroxyl groups excluding tert-OH is 1. The Bertz CT molecular complexity index is 712. The van der Waals surface area contributed by atoms with E-state index in [-0.39, 0.29) is 31.0 Å². The molecule has 0 heterocycles. The van der Waals surface area contributed by atoms with Crippen LogP contribution in [0.2, 0.25) is 0 Å². The average molecular weight is 324 g/mol. The molecule has 0 spiro atoms. The van der Waals surface area contributed by atoms with E-state index in [1.807, 2.05) is 12.1 Å². The number of rotatable bonds is 8. The number of ether oxygens (including phenoxy) is 1. The summed E-state index contributed by atoms with van der Waals surface area (Å²) in [6, 6.07) is 14.1. The minimum atomic E-state index is -0.0944. The number of allylic oxidation sites excluding steroid dienone is 1. The molecule has 0 saturated carbocycles. The van der Waals surface area contributed by atoms with Crippen molar-refractivity contribution in [2.24, 2.45) is 0 Å². The third-order valence-corrected chi connectivity index (χ3v) is 3.63. The maximum absolute atomic E-state index is 12.1. The first kappa shape index (κ1) is 17.6. The van der Waals surface area contributed by atoms with Crippen molar-refractivity contribution in [3.63, 3.8) is 0 Å². The van der Waals surface area contributed by atoms with Crippen molar-refractivity contribution in [1.82, 2.24) is 0 Å². The molecule has 0 aliphatic heterocycles. The second-order valence-corrected chi connectivity index (χ2v) is 5.35. The van der Waals surface area contributed by atoms with E-state index in [0.29, 0.717) is 11.3 Å². The molecule has 24 heavy (non-hydrogen) atoms. The number of aliphatic hydroxyl groups is 1. The first-order chi connectivity index (χ1) is 11.6. The molecule has 2 aromatic rings. The van der Waals surface area contributed by atoms with Gasteiger partial charge in [0.2, 0.25) is 0 Å². The Hall–Kier alpha value is -2.72. The van der Waals surface area contributed by atoms with Crippen LogP contribution < -0.4 is 4.74 Å². The summed E-state index contributed by atoms with van der Waals surface area (Å²) in [6.07, 6.45) is 3.55. The van der Waals surface area contributed by atoms with Gasteiger partial charge in [-0.1, -0.05) is 30.3 Å². The summed E-state index contributed by atoms with van der Waals surface area (Å²) in [5.41, 5.74) is 2.28. The van der Waals surface area contributed by atoms with E-state index < -0.39 is 0 Å². The normalized spacial score (nSPS) is 10.8. The molecule has 0 radical (unpaired) electrons. The van der Waals surface area contributed by atoms with Gasteiger partial charge in [0.05, 0.1) is 13.7 Å². The third kappa shape index (κ3) is 5.18. The highest BCUT2D eigenvalue weighted by molar-refractivity contribution is 6.01. The topological polar surface area (TPSA) is 63.6 Å². The highest BCUT2D eigenvalue weighted by Crippen LogP contribution is 2.14. The van der Waals surface area contributed by atoms with Crippen LogP contribution in [0.25, 0.3) is 6.08 Å². The highest BCUT2D eigenvalue weighted by Gasteiger charge is 2.08. The monoisotopic (exact) mass is 324 g/mol. The highest BCUT2D eigenvalue weighted by atomic mass is 16.5. The van der Waals surface area contributed by atoms with Crippen LogP contribution in [0.1, 0.15) is 34.3 Å². The van der Waals surface area contributed by atoms with Gasteiger partial charge in [0.1, 0.15) is 5.75 Å². The molecule has 1 N–H and O–H groups in total. The van der Waals surface area contributed by atoms with Crippen molar-refractivity contribution in [3.05, 3.63) is 71.3 Å². The Morgan fingerprint density at radius 2 is 1.67 bits per heavy atom. The van der Waals surface area contributed by atoms with Crippen LogP contribution in [0.5, 0.6) is 5.75 Å². The van der Waals surface area contributed by atoms with Gasteiger partial charge in [-0.25, -0.2) is 0 Å². The molecular formula is C20H20O4. The van der Waals surface area contributed by atoms with Gasteiger partial charge in [0.25, 0.3) is 0 Å². The first-order valence-corrected chi connectivity index (χ1v) is 7.70. The largest absolute Gasteiger partial charge is 0.497 e. The Morgan fingerprint density at radius 1 is 1.00 bits per heavy atom. The van der Waals surface area contributed by atoms with Crippen LogP contribution >= 0.6 is 0 Å². The Balaban J connectivity index is 1.85. The van der Waals surface area contributed by atoms with E-state index in [9.17, 15) is 9.59 Å². The van der Waals surface area contributed by atoms with Crippen LogP contribution in [-0.4, -0.2) is 23.8 Å². The number of hydrogen-bond donors (Lipinski definition) is 1. The Labute approximate surface area is 141 Å². The summed E-state index contributed by atoms with van der Waals surface area (Å²) in [6.45, 7) is -0.00357. The van der Waals surface area contributed by atoms with Gasteiger partial charge < -0.3 is 9.84 Å². The van der Waals surface area contributed by atoms with E-state index in [2.05, 4.69) is 0 Å². The molecule has 0 aliphatic rings. The molecule has 0 fully saturated rings. The van der Waals surface area contributed by atoms with Crippen molar-refractivity contribution < 1.29 is 19.4 Å². The molecular weight excluding hydrogens is 304 g/mol. The SMILES string of the molecule is COc1ccc(C(=O)CCC(=O)/C=C/c2ccc(CO)cc2)cc1. The van der Waals surface area contributed by atoms with Gasteiger partial charge in [0.15, 0.2) is 11.6 Å². The second-order valence-electron chi connectivity index (χ2n) is 5.35.